The monoisotopic (exact) mass is 292 g/mol. The number of benzene rings is 1. The van der Waals surface area contributed by atoms with E-state index in [4.69, 9.17) is 5.11 Å². The number of carboxylic acids is 1. The summed E-state index contributed by atoms with van der Waals surface area (Å²) in [7, 11) is 0. The first-order valence-corrected chi connectivity index (χ1v) is 7.49. The molecule has 0 aliphatic carbocycles. The highest BCUT2D eigenvalue weighted by molar-refractivity contribution is 7.22. The first-order chi connectivity index (χ1) is 9.33. The number of fused-ring (bicyclic) bond motifs is 1. The zero-order valence-electron chi connectivity index (χ0n) is 12.0. The molecule has 1 atom stereocenters. The molecule has 0 bridgehead atoms. The predicted molar refractivity (Wildman–Crippen MR) is 83.4 cm³/mol. The van der Waals surface area contributed by atoms with Crippen LogP contribution in [0.1, 0.15) is 33.6 Å². The lowest BCUT2D eigenvalue weighted by Crippen LogP contribution is -2.28. The van der Waals surface area contributed by atoms with E-state index in [2.05, 4.69) is 31.1 Å². The van der Waals surface area contributed by atoms with Gasteiger partial charge in [-0.15, -0.1) is 0 Å². The quantitative estimate of drug-likeness (QED) is 0.874. The molecule has 0 aliphatic rings. The largest absolute Gasteiger partial charge is 0.481 e. The maximum absolute atomic E-state index is 11.0. The number of hydrogen-bond donors (Lipinski definition) is 2. The van der Waals surface area contributed by atoms with Gasteiger partial charge in [-0.2, -0.15) is 0 Å². The summed E-state index contributed by atoms with van der Waals surface area (Å²) in [5, 5.41) is 13.1. The van der Waals surface area contributed by atoms with Gasteiger partial charge in [-0.05, 0) is 24.0 Å². The molecule has 1 aromatic carbocycles. The van der Waals surface area contributed by atoms with Crippen molar-refractivity contribution in [1.82, 2.24) is 4.98 Å². The van der Waals surface area contributed by atoms with Crippen molar-refractivity contribution in [2.45, 2.75) is 39.7 Å². The maximum atomic E-state index is 11.0. The van der Waals surface area contributed by atoms with Crippen molar-refractivity contribution >= 4 is 32.7 Å². The van der Waals surface area contributed by atoms with Crippen molar-refractivity contribution in [2.24, 2.45) is 5.41 Å². The third kappa shape index (κ3) is 4.20. The van der Waals surface area contributed by atoms with Gasteiger partial charge in [-0.3, -0.25) is 4.79 Å². The number of aliphatic carboxylic acids is 1. The molecule has 0 saturated carbocycles. The van der Waals surface area contributed by atoms with Crippen molar-refractivity contribution in [3.05, 3.63) is 24.3 Å². The van der Waals surface area contributed by atoms with E-state index in [1.165, 1.54) is 0 Å². The number of aromatic nitrogens is 1. The minimum atomic E-state index is -0.784. The summed E-state index contributed by atoms with van der Waals surface area (Å²) >= 11 is 1.56. The average Bonchev–Trinajstić information content (AvgIpc) is 2.67. The molecule has 0 saturated heterocycles. The van der Waals surface area contributed by atoms with Crippen LogP contribution in [0.2, 0.25) is 0 Å². The van der Waals surface area contributed by atoms with Crippen LogP contribution < -0.4 is 5.32 Å². The highest BCUT2D eigenvalue weighted by atomic mass is 32.1. The van der Waals surface area contributed by atoms with Gasteiger partial charge in [0.2, 0.25) is 0 Å². The second kappa shape index (κ2) is 5.79. The minimum absolute atomic E-state index is 0.0732. The van der Waals surface area contributed by atoms with Gasteiger partial charge in [-0.1, -0.05) is 44.2 Å². The van der Waals surface area contributed by atoms with Gasteiger partial charge in [-0.25, -0.2) is 4.98 Å². The van der Waals surface area contributed by atoms with Crippen molar-refractivity contribution in [1.29, 1.82) is 0 Å². The van der Waals surface area contributed by atoms with Gasteiger partial charge in [0, 0.05) is 6.04 Å². The topological polar surface area (TPSA) is 62.2 Å². The standard InChI is InChI=1S/C15H20N2O2S/c1-15(2,3)9-10(8-13(18)19)16-14-17-11-6-4-5-7-12(11)20-14/h4-7,10H,8-9H2,1-3H3,(H,16,17)(H,18,19). The van der Waals surface area contributed by atoms with E-state index >= 15 is 0 Å². The summed E-state index contributed by atoms with van der Waals surface area (Å²) < 4.78 is 1.11. The zero-order valence-corrected chi connectivity index (χ0v) is 12.8. The SMILES string of the molecule is CC(C)(C)CC(CC(=O)O)Nc1nc2ccccc2s1. The number of para-hydroxylation sites is 1. The highest BCUT2D eigenvalue weighted by Crippen LogP contribution is 2.29. The van der Waals surface area contributed by atoms with Crippen molar-refractivity contribution in [3.8, 4) is 0 Å². The molecule has 20 heavy (non-hydrogen) atoms. The van der Waals surface area contributed by atoms with Gasteiger partial charge >= 0.3 is 5.97 Å². The molecule has 0 fully saturated rings. The van der Waals surface area contributed by atoms with E-state index in [0.717, 1.165) is 21.8 Å². The molecular formula is C15H20N2O2S. The average molecular weight is 292 g/mol. The number of nitrogens with zero attached hydrogens (tertiary/aromatic N) is 1. The molecule has 2 aromatic rings. The van der Waals surface area contributed by atoms with E-state index in [1.54, 1.807) is 11.3 Å². The lowest BCUT2D eigenvalue weighted by Gasteiger charge is -2.25. The van der Waals surface area contributed by atoms with E-state index in [-0.39, 0.29) is 17.9 Å². The Bertz CT molecular complexity index is 568. The van der Waals surface area contributed by atoms with E-state index < -0.39 is 5.97 Å². The van der Waals surface area contributed by atoms with E-state index in [1.807, 2.05) is 24.3 Å². The zero-order chi connectivity index (χ0) is 14.8. The van der Waals surface area contributed by atoms with Crippen molar-refractivity contribution in [3.63, 3.8) is 0 Å². The Kier molecular flexibility index (Phi) is 4.28. The Labute approximate surface area is 122 Å². The first-order valence-electron chi connectivity index (χ1n) is 6.67. The molecule has 1 heterocycles. The Morgan fingerprint density at radius 1 is 1.40 bits per heavy atom. The van der Waals surface area contributed by atoms with Crippen LogP contribution in [0.5, 0.6) is 0 Å². The van der Waals surface area contributed by atoms with Gasteiger partial charge < -0.3 is 10.4 Å². The number of carboxylic acid groups (broad SMARTS) is 1. The smallest absolute Gasteiger partial charge is 0.305 e. The van der Waals surface area contributed by atoms with Crippen LogP contribution in [-0.4, -0.2) is 22.1 Å². The summed E-state index contributed by atoms with van der Waals surface area (Å²) in [5.41, 5.74) is 1.02. The fraction of sp³-hybridized carbons (Fsp3) is 0.467. The van der Waals surface area contributed by atoms with Crippen molar-refractivity contribution < 1.29 is 9.90 Å². The first kappa shape index (κ1) is 14.8. The second-order valence-corrected chi connectivity index (χ2v) is 7.22. The molecule has 1 aromatic heterocycles. The third-order valence-corrected chi connectivity index (χ3v) is 3.87. The van der Waals surface area contributed by atoms with Crippen LogP contribution in [0.3, 0.4) is 0 Å². The fourth-order valence-corrected chi connectivity index (χ4v) is 3.18. The van der Waals surface area contributed by atoms with Crippen molar-refractivity contribution in [2.75, 3.05) is 5.32 Å². The molecule has 0 spiro atoms. The van der Waals surface area contributed by atoms with Crippen LogP contribution in [0, 0.1) is 5.41 Å². The number of carbonyl (C=O) groups is 1. The predicted octanol–water partition coefficient (Wildman–Crippen LogP) is 3.99. The van der Waals surface area contributed by atoms with Crippen LogP contribution in [-0.2, 0) is 4.79 Å². The molecule has 2 rings (SSSR count). The summed E-state index contributed by atoms with van der Waals surface area (Å²) in [5.74, 6) is -0.784. The Hall–Kier alpha value is -1.62. The number of anilines is 1. The molecule has 5 heteroatoms. The molecule has 108 valence electrons. The summed E-state index contributed by atoms with van der Waals surface area (Å²) in [6.45, 7) is 6.34. The Morgan fingerprint density at radius 2 is 2.10 bits per heavy atom. The maximum Gasteiger partial charge on any atom is 0.305 e. The van der Waals surface area contributed by atoms with E-state index in [9.17, 15) is 4.79 Å². The van der Waals surface area contributed by atoms with Crippen LogP contribution >= 0.6 is 11.3 Å². The molecular weight excluding hydrogens is 272 g/mol. The van der Waals surface area contributed by atoms with Crippen LogP contribution in [0.15, 0.2) is 24.3 Å². The lowest BCUT2D eigenvalue weighted by molar-refractivity contribution is -0.137. The summed E-state index contributed by atoms with van der Waals surface area (Å²) in [6, 6.07) is 7.82. The second-order valence-electron chi connectivity index (χ2n) is 6.19. The molecule has 2 N–H and O–H groups in total. The van der Waals surface area contributed by atoms with E-state index in [0.29, 0.717) is 0 Å². The normalized spacial score (nSPS) is 13.3. The fourth-order valence-electron chi connectivity index (χ4n) is 2.23. The number of rotatable bonds is 5. The molecule has 1 unspecified atom stereocenters. The van der Waals surface area contributed by atoms with Gasteiger partial charge in [0.05, 0.1) is 16.6 Å². The highest BCUT2D eigenvalue weighted by Gasteiger charge is 2.22. The van der Waals surface area contributed by atoms with Crippen LogP contribution in [0.25, 0.3) is 10.2 Å². The Morgan fingerprint density at radius 3 is 2.70 bits per heavy atom. The van der Waals surface area contributed by atoms with Gasteiger partial charge in [0.15, 0.2) is 5.13 Å². The molecule has 0 radical (unpaired) electrons. The number of thiazole rings is 1. The number of nitrogens with one attached hydrogen (secondary N) is 1. The Balaban J connectivity index is 2.15. The van der Waals surface area contributed by atoms with Gasteiger partial charge in [0.25, 0.3) is 0 Å². The minimum Gasteiger partial charge on any atom is -0.481 e. The van der Waals surface area contributed by atoms with Gasteiger partial charge in [0.1, 0.15) is 0 Å². The molecule has 0 aliphatic heterocycles. The number of hydrogen-bond acceptors (Lipinski definition) is 4. The molecule has 0 amide bonds. The van der Waals surface area contributed by atoms with Crippen LogP contribution in [0.4, 0.5) is 5.13 Å². The summed E-state index contributed by atoms with van der Waals surface area (Å²) in [4.78, 5) is 15.5. The molecule has 4 nitrogen and oxygen atoms in total. The third-order valence-electron chi connectivity index (χ3n) is 2.90. The lowest BCUT2D eigenvalue weighted by atomic mass is 9.87. The summed E-state index contributed by atoms with van der Waals surface area (Å²) in [6.07, 6.45) is 0.891.